The van der Waals surface area contributed by atoms with Gasteiger partial charge in [0.25, 0.3) is 0 Å². The maximum Gasteiger partial charge on any atom is 0.128 e. The highest BCUT2D eigenvalue weighted by Crippen LogP contribution is 2.19. The van der Waals surface area contributed by atoms with E-state index in [4.69, 9.17) is 11.6 Å². The number of carbonyl (C=O) groups is 1. The van der Waals surface area contributed by atoms with Gasteiger partial charge in [0.15, 0.2) is 0 Å². The molecule has 0 aliphatic heterocycles. The Balaban J connectivity index is 2.73. The van der Waals surface area contributed by atoms with Gasteiger partial charge in [0.2, 0.25) is 0 Å². The Morgan fingerprint density at radius 1 is 1.70 bits per heavy atom. The molecule has 0 N–H and O–H groups in total. The van der Waals surface area contributed by atoms with Gasteiger partial charge in [-0.3, -0.25) is 0 Å². The first kappa shape index (κ1) is 7.55. The van der Waals surface area contributed by atoms with E-state index in [1.807, 2.05) is 25.2 Å². The molecule has 0 saturated carbocycles. The summed E-state index contributed by atoms with van der Waals surface area (Å²) in [6, 6.07) is 0. The lowest BCUT2D eigenvalue weighted by atomic mass is 9.98. The number of rotatable bonds is 1. The third-order valence-corrected chi connectivity index (χ3v) is 1.95. The minimum Gasteiger partial charge on any atom is -0.303 e. The van der Waals surface area contributed by atoms with Crippen molar-refractivity contribution in [2.45, 2.75) is 12.3 Å². The third-order valence-electron chi connectivity index (χ3n) is 1.53. The average molecular weight is 157 g/mol. The van der Waals surface area contributed by atoms with E-state index in [2.05, 4.69) is 0 Å². The standard InChI is InChI=1S/C8H9ClO/c1-6-2-3-7(5-10)8(9)4-6/h2-5,7-8H,1H3. The minimum absolute atomic E-state index is 0.134. The van der Waals surface area contributed by atoms with Gasteiger partial charge in [0, 0.05) is 0 Å². The molecular formula is C8H9ClO. The molecule has 0 saturated heterocycles. The van der Waals surface area contributed by atoms with Crippen LogP contribution >= 0.6 is 11.6 Å². The zero-order chi connectivity index (χ0) is 7.56. The van der Waals surface area contributed by atoms with Gasteiger partial charge in [0.1, 0.15) is 6.29 Å². The van der Waals surface area contributed by atoms with Gasteiger partial charge in [-0.2, -0.15) is 0 Å². The molecule has 54 valence electrons. The van der Waals surface area contributed by atoms with E-state index >= 15 is 0 Å². The molecule has 2 atom stereocenters. The highest BCUT2D eigenvalue weighted by Gasteiger charge is 2.15. The van der Waals surface area contributed by atoms with Crippen LogP contribution in [0, 0.1) is 5.92 Å². The second-order valence-corrected chi connectivity index (χ2v) is 2.93. The number of hydrogen-bond acceptors (Lipinski definition) is 1. The summed E-state index contributed by atoms with van der Waals surface area (Å²) in [6.07, 6.45) is 6.51. The molecule has 0 aromatic carbocycles. The van der Waals surface area contributed by atoms with E-state index in [-0.39, 0.29) is 11.3 Å². The number of aldehydes is 1. The fourth-order valence-corrected chi connectivity index (χ4v) is 1.25. The average Bonchev–Trinajstić information content (AvgIpc) is 1.88. The van der Waals surface area contributed by atoms with Gasteiger partial charge in [0.05, 0.1) is 11.3 Å². The van der Waals surface area contributed by atoms with E-state index in [1.54, 1.807) is 0 Å². The maximum atomic E-state index is 10.3. The summed E-state index contributed by atoms with van der Waals surface area (Å²) in [5.41, 5.74) is 1.12. The summed E-state index contributed by atoms with van der Waals surface area (Å²) in [5.74, 6) is -0.134. The van der Waals surface area contributed by atoms with E-state index < -0.39 is 0 Å². The first-order chi connectivity index (χ1) is 4.74. The van der Waals surface area contributed by atoms with Crippen molar-refractivity contribution in [2.24, 2.45) is 5.92 Å². The van der Waals surface area contributed by atoms with Gasteiger partial charge in [-0.1, -0.05) is 23.8 Å². The molecular weight excluding hydrogens is 148 g/mol. The largest absolute Gasteiger partial charge is 0.303 e. The van der Waals surface area contributed by atoms with E-state index in [0.717, 1.165) is 11.9 Å². The van der Waals surface area contributed by atoms with E-state index in [9.17, 15) is 4.79 Å². The van der Waals surface area contributed by atoms with Crippen molar-refractivity contribution in [1.82, 2.24) is 0 Å². The fourth-order valence-electron chi connectivity index (χ4n) is 0.907. The molecule has 0 aromatic rings. The first-order valence-corrected chi connectivity index (χ1v) is 3.63. The third kappa shape index (κ3) is 1.48. The van der Waals surface area contributed by atoms with E-state index in [0.29, 0.717) is 0 Å². The van der Waals surface area contributed by atoms with Crippen LogP contribution in [0.3, 0.4) is 0 Å². The topological polar surface area (TPSA) is 17.1 Å². The molecule has 0 fully saturated rings. The van der Waals surface area contributed by atoms with Gasteiger partial charge in [-0.05, 0) is 6.92 Å². The van der Waals surface area contributed by atoms with Gasteiger partial charge in [-0.25, -0.2) is 0 Å². The fraction of sp³-hybridized carbons (Fsp3) is 0.375. The Morgan fingerprint density at radius 3 is 2.90 bits per heavy atom. The number of halogens is 1. The molecule has 0 bridgehead atoms. The molecule has 1 aliphatic carbocycles. The lowest BCUT2D eigenvalue weighted by Crippen LogP contribution is -2.14. The van der Waals surface area contributed by atoms with Crippen LogP contribution in [0.25, 0.3) is 0 Å². The molecule has 10 heavy (non-hydrogen) atoms. The lowest BCUT2D eigenvalue weighted by Gasteiger charge is -2.13. The number of carbonyl (C=O) groups excluding carboxylic acids is 1. The SMILES string of the molecule is CC1=CC(Cl)C(C=O)C=C1. The minimum atomic E-state index is -0.150. The number of hydrogen-bond donors (Lipinski definition) is 0. The van der Waals surface area contributed by atoms with Crippen LogP contribution < -0.4 is 0 Å². The molecule has 0 heterocycles. The molecule has 0 radical (unpaired) electrons. The van der Waals surface area contributed by atoms with Crippen molar-refractivity contribution in [3.8, 4) is 0 Å². The summed E-state index contributed by atoms with van der Waals surface area (Å²) in [5, 5.41) is -0.150. The van der Waals surface area contributed by atoms with Crippen molar-refractivity contribution < 1.29 is 4.79 Å². The van der Waals surface area contributed by atoms with Crippen LogP contribution in [0.15, 0.2) is 23.8 Å². The Bertz CT molecular complexity index is 193. The Labute approximate surface area is 65.4 Å². The second kappa shape index (κ2) is 3.02. The first-order valence-electron chi connectivity index (χ1n) is 3.20. The second-order valence-electron chi connectivity index (χ2n) is 2.43. The molecule has 0 aromatic heterocycles. The molecule has 0 spiro atoms. The molecule has 1 nitrogen and oxygen atoms in total. The normalized spacial score (nSPS) is 31.6. The zero-order valence-corrected chi connectivity index (χ0v) is 6.51. The van der Waals surface area contributed by atoms with Crippen LogP contribution in [0.4, 0.5) is 0 Å². The van der Waals surface area contributed by atoms with Crippen molar-refractivity contribution in [2.75, 3.05) is 0 Å². The molecule has 2 heteroatoms. The summed E-state index contributed by atoms with van der Waals surface area (Å²) in [6.45, 7) is 1.97. The summed E-state index contributed by atoms with van der Waals surface area (Å²) in [7, 11) is 0. The number of alkyl halides is 1. The molecule has 1 aliphatic rings. The van der Waals surface area contributed by atoms with Crippen LogP contribution in [-0.4, -0.2) is 11.7 Å². The maximum absolute atomic E-state index is 10.3. The van der Waals surface area contributed by atoms with Crippen LogP contribution in [0.2, 0.25) is 0 Å². The summed E-state index contributed by atoms with van der Waals surface area (Å²) >= 11 is 5.82. The smallest absolute Gasteiger partial charge is 0.128 e. The summed E-state index contributed by atoms with van der Waals surface area (Å²) in [4.78, 5) is 10.3. The van der Waals surface area contributed by atoms with Gasteiger partial charge >= 0.3 is 0 Å². The van der Waals surface area contributed by atoms with Crippen molar-refractivity contribution >= 4 is 17.9 Å². The Morgan fingerprint density at radius 2 is 2.40 bits per heavy atom. The number of allylic oxidation sites excluding steroid dienone is 4. The van der Waals surface area contributed by atoms with Crippen molar-refractivity contribution in [3.63, 3.8) is 0 Å². The highest BCUT2D eigenvalue weighted by atomic mass is 35.5. The zero-order valence-electron chi connectivity index (χ0n) is 5.75. The Hall–Kier alpha value is -0.560. The van der Waals surface area contributed by atoms with E-state index in [1.165, 1.54) is 0 Å². The monoisotopic (exact) mass is 156 g/mol. The predicted molar refractivity (Wildman–Crippen MR) is 42.1 cm³/mol. The van der Waals surface area contributed by atoms with Crippen LogP contribution in [0.1, 0.15) is 6.92 Å². The quantitative estimate of drug-likeness (QED) is 0.419. The molecule has 0 amide bonds. The van der Waals surface area contributed by atoms with Crippen molar-refractivity contribution in [3.05, 3.63) is 23.8 Å². The van der Waals surface area contributed by atoms with Gasteiger partial charge in [-0.15, -0.1) is 11.6 Å². The summed E-state index contributed by atoms with van der Waals surface area (Å²) < 4.78 is 0. The van der Waals surface area contributed by atoms with Crippen LogP contribution in [-0.2, 0) is 4.79 Å². The lowest BCUT2D eigenvalue weighted by molar-refractivity contribution is -0.109. The Kier molecular flexibility index (Phi) is 2.28. The van der Waals surface area contributed by atoms with Gasteiger partial charge < -0.3 is 4.79 Å². The highest BCUT2D eigenvalue weighted by molar-refractivity contribution is 6.23. The van der Waals surface area contributed by atoms with Crippen LogP contribution in [0.5, 0.6) is 0 Å². The molecule has 2 unspecified atom stereocenters. The predicted octanol–water partition coefficient (Wildman–Crippen LogP) is 1.93. The molecule has 1 rings (SSSR count). The van der Waals surface area contributed by atoms with Crippen molar-refractivity contribution in [1.29, 1.82) is 0 Å².